The molecule has 1 fully saturated rings. The maximum Gasteiger partial charge on any atom is 0.252 e. The van der Waals surface area contributed by atoms with E-state index in [1.165, 1.54) is 18.2 Å². The minimum atomic E-state index is -0.327. The maximum absolute atomic E-state index is 13.0. The second kappa shape index (κ2) is 8.65. The van der Waals surface area contributed by atoms with Gasteiger partial charge in [0.1, 0.15) is 5.82 Å². The van der Waals surface area contributed by atoms with Crippen LogP contribution in [-0.4, -0.2) is 38.3 Å². The van der Waals surface area contributed by atoms with Gasteiger partial charge >= 0.3 is 0 Å². The number of carbonyl (C=O) groups excluding carboxylic acids is 1. The number of halogens is 2. The van der Waals surface area contributed by atoms with Gasteiger partial charge in [0.2, 0.25) is 0 Å². The van der Waals surface area contributed by atoms with Crippen molar-refractivity contribution in [1.29, 1.82) is 0 Å². The molecular weight excluding hydrogens is 386 g/mol. The van der Waals surface area contributed by atoms with Crippen molar-refractivity contribution in [3.8, 4) is 0 Å². The lowest BCUT2D eigenvalue weighted by Gasteiger charge is -2.22. The predicted molar refractivity (Wildman–Crippen MR) is 87.9 cm³/mol. The second-order valence-electron chi connectivity index (χ2n) is 5.05. The lowest BCUT2D eigenvalue weighted by Crippen LogP contribution is -2.33. The van der Waals surface area contributed by atoms with Crippen LogP contribution in [0.25, 0.3) is 0 Å². The van der Waals surface area contributed by atoms with E-state index in [9.17, 15) is 9.18 Å². The zero-order chi connectivity index (χ0) is 15.1. The molecule has 4 nitrogen and oxygen atoms in total. The van der Waals surface area contributed by atoms with Crippen LogP contribution in [0.4, 0.5) is 4.39 Å². The van der Waals surface area contributed by atoms with Crippen molar-refractivity contribution in [3.05, 3.63) is 33.1 Å². The smallest absolute Gasteiger partial charge is 0.252 e. The number of piperidine rings is 1. The third-order valence-corrected chi connectivity index (χ3v) is 4.31. The van der Waals surface area contributed by atoms with Gasteiger partial charge in [0, 0.05) is 16.7 Å². The molecule has 1 aliphatic heterocycles. The predicted octanol–water partition coefficient (Wildman–Crippen LogP) is 2.32. The van der Waals surface area contributed by atoms with E-state index in [2.05, 4.69) is 10.6 Å². The molecule has 2 N–H and O–H groups in total. The van der Waals surface area contributed by atoms with Crippen molar-refractivity contribution in [1.82, 2.24) is 10.6 Å². The molecule has 0 radical (unpaired) electrons. The topological polar surface area (TPSA) is 50.4 Å². The van der Waals surface area contributed by atoms with Gasteiger partial charge in [0.05, 0.1) is 11.7 Å². The quantitative estimate of drug-likeness (QED) is 0.563. The Morgan fingerprint density at radius 1 is 1.43 bits per heavy atom. The maximum atomic E-state index is 13.0. The van der Waals surface area contributed by atoms with Gasteiger partial charge in [0.15, 0.2) is 0 Å². The first-order valence-electron chi connectivity index (χ1n) is 7.22. The Morgan fingerprint density at radius 3 is 2.90 bits per heavy atom. The lowest BCUT2D eigenvalue weighted by molar-refractivity contribution is 0.0318. The molecule has 1 saturated heterocycles. The fraction of sp³-hybridized carbons (Fsp3) is 0.533. The Morgan fingerprint density at radius 2 is 2.19 bits per heavy atom. The lowest BCUT2D eigenvalue weighted by atomic mass is 10.1. The van der Waals surface area contributed by atoms with Gasteiger partial charge in [-0.15, -0.1) is 0 Å². The molecule has 2 rings (SSSR count). The molecule has 1 aromatic carbocycles. The van der Waals surface area contributed by atoms with Gasteiger partial charge in [-0.1, -0.05) is 0 Å². The highest BCUT2D eigenvalue weighted by Crippen LogP contribution is 2.13. The molecule has 0 atom stereocenters. The zero-order valence-corrected chi connectivity index (χ0v) is 14.0. The Bertz CT molecular complexity index is 479. The summed E-state index contributed by atoms with van der Waals surface area (Å²) in [5.41, 5.74) is 0.510. The molecule has 0 bridgehead atoms. The molecule has 1 heterocycles. The summed E-state index contributed by atoms with van der Waals surface area (Å²) < 4.78 is 19.4. The molecule has 1 aromatic rings. The standard InChI is InChI=1S/C15H20FIN2O2/c16-11-2-3-13(14(17)10-11)15(20)19-6-1-9-21-12-4-7-18-8-5-12/h2-3,10,12,18H,1,4-9H2,(H,19,20). The van der Waals surface area contributed by atoms with Crippen LogP contribution in [0.1, 0.15) is 29.6 Å². The van der Waals surface area contributed by atoms with E-state index in [4.69, 9.17) is 4.74 Å². The average molecular weight is 406 g/mol. The highest BCUT2D eigenvalue weighted by Gasteiger charge is 2.13. The molecule has 1 amide bonds. The minimum absolute atomic E-state index is 0.165. The summed E-state index contributed by atoms with van der Waals surface area (Å²) in [6, 6.07) is 4.17. The van der Waals surface area contributed by atoms with Crippen molar-refractivity contribution < 1.29 is 13.9 Å². The Balaban J connectivity index is 1.64. The van der Waals surface area contributed by atoms with Crippen LogP contribution in [0.5, 0.6) is 0 Å². The summed E-state index contributed by atoms with van der Waals surface area (Å²) in [5.74, 6) is -0.493. The van der Waals surface area contributed by atoms with Gasteiger partial charge < -0.3 is 15.4 Å². The summed E-state index contributed by atoms with van der Waals surface area (Å²) in [7, 11) is 0. The Labute approximate surface area is 138 Å². The summed E-state index contributed by atoms with van der Waals surface area (Å²) in [6.45, 7) is 3.26. The summed E-state index contributed by atoms with van der Waals surface area (Å²) in [4.78, 5) is 12.0. The molecule has 0 spiro atoms. The molecule has 0 saturated carbocycles. The molecule has 6 heteroatoms. The fourth-order valence-electron chi connectivity index (χ4n) is 2.26. The molecule has 116 valence electrons. The van der Waals surface area contributed by atoms with E-state index in [0.29, 0.717) is 28.4 Å². The van der Waals surface area contributed by atoms with Crippen molar-refractivity contribution in [2.75, 3.05) is 26.2 Å². The molecule has 0 aromatic heterocycles. The third kappa shape index (κ3) is 5.52. The van der Waals surface area contributed by atoms with Crippen molar-refractivity contribution >= 4 is 28.5 Å². The van der Waals surface area contributed by atoms with E-state index in [1.807, 2.05) is 22.6 Å². The van der Waals surface area contributed by atoms with Crippen molar-refractivity contribution in [2.24, 2.45) is 0 Å². The first-order valence-corrected chi connectivity index (χ1v) is 8.30. The van der Waals surface area contributed by atoms with Gasteiger partial charge in [-0.3, -0.25) is 4.79 Å². The minimum Gasteiger partial charge on any atom is -0.378 e. The Kier molecular flexibility index (Phi) is 6.85. The number of nitrogens with one attached hydrogen (secondary N) is 2. The van der Waals surface area contributed by atoms with E-state index < -0.39 is 0 Å². The van der Waals surface area contributed by atoms with Gasteiger partial charge in [-0.2, -0.15) is 0 Å². The first-order chi connectivity index (χ1) is 10.2. The van der Waals surface area contributed by atoms with Crippen LogP contribution in [0, 0.1) is 9.39 Å². The van der Waals surface area contributed by atoms with Gasteiger partial charge in [-0.05, 0) is 73.1 Å². The van der Waals surface area contributed by atoms with E-state index in [1.54, 1.807) is 0 Å². The molecule has 0 unspecified atom stereocenters. The van der Waals surface area contributed by atoms with Crippen LogP contribution in [0.2, 0.25) is 0 Å². The number of hydrogen-bond donors (Lipinski definition) is 2. The monoisotopic (exact) mass is 406 g/mol. The fourth-order valence-corrected chi connectivity index (χ4v) is 2.98. The largest absolute Gasteiger partial charge is 0.378 e. The van der Waals surface area contributed by atoms with Crippen LogP contribution in [0.15, 0.2) is 18.2 Å². The number of carbonyl (C=O) groups is 1. The van der Waals surface area contributed by atoms with Crippen LogP contribution in [-0.2, 0) is 4.74 Å². The first kappa shape index (κ1) is 16.6. The molecular formula is C15H20FIN2O2. The summed E-state index contributed by atoms with van der Waals surface area (Å²) >= 11 is 1.97. The van der Waals surface area contributed by atoms with Crippen LogP contribution in [0.3, 0.4) is 0 Å². The number of rotatable bonds is 6. The average Bonchev–Trinajstić information content (AvgIpc) is 2.47. The highest BCUT2D eigenvalue weighted by molar-refractivity contribution is 14.1. The van der Waals surface area contributed by atoms with Crippen molar-refractivity contribution in [2.45, 2.75) is 25.4 Å². The van der Waals surface area contributed by atoms with Crippen LogP contribution < -0.4 is 10.6 Å². The highest BCUT2D eigenvalue weighted by atomic mass is 127. The third-order valence-electron chi connectivity index (χ3n) is 3.42. The summed E-state index contributed by atoms with van der Waals surface area (Å²) in [5, 5.41) is 6.13. The van der Waals surface area contributed by atoms with E-state index in [0.717, 1.165) is 32.4 Å². The normalized spacial score (nSPS) is 15.9. The summed E-state index contributed by atoms with van der Waals surface area (Å²) in [6.07, 6.45) is 3.24. The SMILES string of the molecule is O=C(NCCCOC1CCNCC1)c1ccc(F)cc1I. The van der Waals surface area contributed by atoms with E-state index >= 15 is 0 Å². The number of benzene rings is 1. The molecule has 21 heavy (non-hydrogen) atoms. The second-order valence-corrected chi connectivity index (χ2v) is 6.22. The zero-order valence-electron chi connectivity index (χ0n) is 11.8. The number of amides is 1. The van der Waals surface area contributed by atoms with Crippen LogP contribution >= 0.6 is 22.6 Å². The molecule has 0 aliphatic carbocycles. The number of hydrogen-bond acceptors (Lipinski definition) is 3. The van der Waals surface area contributed by atoms with Gasteiger partial charge in [-0.25, -0.2) is 4.39 Å². The van der Waals surface area contributed by atoms with Gasteiger partial charge in [0.25, 0.3) is 5.91 Å². The van der Waals surface area contributed by atoms with E-state index in [-0.39, 0.29) is 11.7 Å². The number of ether oxygens (including phenoxy) is 1. The Hall–Kier alpha value is -0.730. The van der Waals surface area contributed by atoms with Crippen molar-refractivity contribution in [3.63, 3.8) is 0 Å². The molecule has 1 aliphatic rings.